The normalized spacial score (nSPS) is 11.4. The molecule has 3 heteroatoms. The van der Waals surface area contributed by atoms with Crippen molar-refractivity contribution < 1.29 is 4.74 Å². The van der Waals surface area contributed by atoms with Crippen LogP contribution in [0.4, 0.5) is 0 Å². The first-order chi connectivity index (χ1) is 12.3. The minimum absolute atomic E-state index is 0.838. The summed E-state index contributed by atoms with van der Waals surface area (Å²) in [5.74, 6) is 0.838. The lowest BCUT2D eigenvalue weighted by atomic mass is 9.96. The van der Waals surface area contributed by atoms with E-state index in [2.05, 4.69) is 53.5 Å². The van der Waals surface area contributed by atoms with Crippen molar-refractivity contribution in [2.45, 2.75) is 0 Å². The van der Waals surface area contributed by atoms with Gasteiger partial charge in [0.1, 0.15) is 5.75 Å². The van der Waals surface area contributed by atoms with Crippen LogP contribution in [0.1, 0.15) is 0 Å². The van der Waals surface area contributed by atoms with Gasteiger partial charge in [0.25, 0.3) is 0 Å². The molecule has 3 nitrogen and oxygen atoms in total. The van der Waals surface area contributed by atoms with Gasteiger partial charge in [0.2, 0.25) is 0 Å². The lowest BCUT2D eigenvalue weighted by Gasteiger charge is -2.13. The zero-order valence-electron chi connectivity index (χ0n) is 13.8. The molecule has 0 radical (unpaired) electrons. The van der Waals surface area contributed by atoms with Crippen LogP contribution in [-0.4, -0.2) is 17.1 Å². The summed E-state index contributed by atoms with van der Waals surface area (Å²) in [6.07, 6.45) is 0. The summed E-state index contributed by atoms with van der Waals surface area (Å²) in [6, 6.07) is 24.9. The molecule has 0 bridgehead atoms. The van der Waals surface area contributed by atoms with Gasteiger partial charge >= 0.3 is 0 Å². The smallest absolute Gasteiger partial charge is 0.119 e. The molecular weight excluding hydrogens is 308 g/mol. The third kappa shape index (κ3) is 2.09. The summed E-state index contributed by atoms with van der Waals surface area (Å²) < 4.78 is 5.40. The molecule has 1 N–H and O–H groups in total. The van der Waals surface area contributed by atoms with E-state index in [-0.39, 0.29) is 0 Å². The Morgan fingerprint density at radius 1 is 0.840 bits per heavy atom. The van der Waals surface area contributed by atoms with Crippen LogP contribution in [0.5, 0.6) is 5.75 Å². The molecule has 0 saturated heterocycles. The number of methoxy groups -OCH3 is 1. The van der Waals surface area contributed by atoms with Crippen LogP contribution < -0.4 is 4.74 Å². The Bertz CT molecular complexity index is 1170. The highest BCUT2D eigenvalue weighted by Crippen LogP contribution is 2.42. The number of ether oxygens (including phenoxy) is 1. The summed E-state index contributed by atoms with van der Waals surface area (Å²) >= 11 is 0. The van der Waals surface area contributed by atoms with E-state index in [1.54, 1.807) is 7.11 Å². The van der Waals surface area contributed by atoms with Gasteiger partial charge in [0, 0.05) is 21.9 Å². The highest BCUT2D eigenvalue weighted by molar-refractivity contribution is 6.09. The highest BCUT2D eigenvalue weighted by Gasteiger charge is 2.20. The molecule has 3 aromatic carbocycles. The van der Waals surface area contributed by atoms with Crippen molar-refractivity contribution >= 4 is 21.8 Å². The number of pyridine rings is 1. The number of para-hydroxylation sites is 1. The van der Waals surface area contributed by atoms with Gasteiger partial charge in [0.15, 0.2) is 0 Å². The van der Waals surface area contributed by atoms with Crippen LogP contribution in [-0.2, 0) is 0 Å². The number of fused-ring (bicyclic) bond motifs is 4. The fraction of sp³-hybridized carbons (Fsp3) is 0.0455. The second kappa shape index (κ2) is 5.35. The number of benzene rings is 3. The molecule has 0 spiro atoms. The van der Waals surface area contributed by atoms with Crippen LogP contribution in [0, 0.1) is 0 Å². The molecule has 5 rings (SSSR count). The fourth-order valence-corrected chi connectivity index (χ4v) is 3.52. The van der Waals surface area contributed by atoms with Gasteiger partial charge in [0.05, 0.1) is 24.0 Å². The number of hydrogen-bond donors (Lipinski definition) is 1. The van der Waals surface area contributed by atoms with E-state index >= 15 is 0 Å². The molecule has 0 amide bonds. The molecule has 0 aromatic heterocycles. The van der Waals surface area contributed by atoms with Gasteiger partial charge in [-0.25, -0.2) is 4.98 Å². The molecule has 0 saturated carbocycles. The quantitative estimate of drug-likeness (QED) is 0.466. The van der Waals surface area contributed by atoms with E-state index in [9.17, 15) is 0 Å². The number of hydrogen-bond acceptors (Lipinski definition) is 2. The van der Waals surface area contributed by atoms with Gasteiger partial charge in [-0.3, -0.25) is 0 Å². The topological polar surface area (TPSA) is 37.9 Å². The molecule has 2 aliphatic heterocycles. The summed E-state index contributed by atoms with van der Waals surface area (Å²) in [5.41, 5.74) is 6.46. The maximum absolute atomic E-state index is 5.40. The van der Waals surface area contributed by atoms with Crippen LogP contribution in [0.3, 0.4) is 0 Å². The predicted molar refractivity (Wildman–Crippen MR) is 102 cm³/mol. The van der Waals surface area contributed by atoms with Crippen molar-refractivity contribution in [3.8, 4) is 28.3 Å². The summed E-state index contributed by atoms with van der Waals surface area (Å²) in [4.78, 5) is 8.51. The van der Waals surface area contributed by atoms with Gasteiger partial charge in [-0.05, 0) is 29.8 Å². The second-order valence-corrected chi connectivity index (χ2v) is 6.13. The van der Waals surface area contributed by atoms with Crippen molar-refractivity contribution in [3.63, 3.8) is 0 Å². The first-order valence-corrected chi connectivity index (χ1v) is 8.29. The predicted octanol–water partition coefficient (Wildman–Crippen LogP) is 5.50. The Hall–Kier alpha value is -3.33. The summed E-state index contributed by atoms with van der Waals surface area (Å²) in [7, 11) is 1.69. The second-order valence-electron chi connectivity index (χ2n) is 6.13. The molecular formula is C22H16N2O. The van der Waals surface area contributed by atoms with Gasteiger partial charge in [-0.1, -0.05) is 48.5 Å². The number of nitrogens with zero attached hydrogens (tertiary/aromatic N) is 1. The third-order valence-corrected chi connectivity index (χ3v) is 4.70. The maximum Gasteiger partial charge on any atom is 0.119 e. The number of H-pyrrole nitrogens is 1. The molecule has 3 aromatic rings. The van der Waals surface area contributed by atoms with Crippen LogP contribution in [0.15, 0.2) is 72.8 Å². The van der Waals surface area contributed by atoms with E-state index in [0.717, 1.165) is 33.6 Å². The standard InChI is InChI=1S/C22H16N2O/c1-25-15-11-12-19-17(13-15)21-22(24-19)20(14-7-3-2-4-8-14)16-9-5-6-10-18(16)23-21/h2-13,23H,1H3. The average molecular weight is 324 g/mol. The monoisotopic (exact) mass is 324 g/mol. The molecule has 0 atom stereocenters. The Morgan fingerprint density at radius 2 is 1.64 bits per heavy atom. The number of rotatable bonds is 2. The van der Waals surface area contributed by atoms with Crippen molar-refractivity contribution in [2.24, 2.45) is 0 Å². The fourth-order valence-electron chi connectivity index (χ4n) is 3.52. The Balaban J connectivity index is 1.96. The molecule has 25 heavy (non-hydrogen) atoms. The van der Waals surface area contributed by atoms with Crippen molar-refractivity contribution in [1.82, 2.24) is 9.97 Å². The zero-order chi connectivity index (χ0) is 16.8. The Kier molecular flexibility index (Phi) is 3.01. The number of aromatic nitrogens is 2. The molecule has 0 fully saturated rings. The van der Waals surface area contributed by atoms with Crippen molar-refractivity contribution in [2.75, 3.05) is 7.11 Å². The first kappa shape index (κ1) is 14.1. The number of nitrogens with one attached hydrogen (secondary N) is 1. The van der Waals surface area contributed by atoms with E-state index in [1.165, 1.54) is 16.5 Å². The number of aromatic amines is 1. The van der Waals surface area contributed by atoms with E-state index in [0.29, 0.717) is 0 Å². The third-order valence-electron chi connectivity index (χ3n) is 4.70. The van der Waals surface area contributed by atoms with Gasteiger partial charge < -0.3 is 9.72 Å². The first-order valence-electron chi connectivity index (χ1n) is 8.29. The van der Waals surface area contributed by atoms with Crippen LogP contribution in [0.2, 0.25) is 0 Å². The van der Waals surface area contributed by atoms with Crippen LogP contribution in [0.25, 0.3) is 44.3 Å². The molecule has 2 aliphatic rings. The minimum atomic E-state index is 0.838. The lowest BCUT2D eigenvalue weighted by molar-refractivity contribution is 0.415. The van der Waals surface area contributed by atoms with Crippen LogP contribution >= 0.6 is 0 Å². The largest absolute Gasteiger partial charge is 0.497 e. The van der Waals surface area contributed by atoms with Gasteiger partial charge in [-0.15, -0.1) is 0 Å². The Morgan fingerprint density at radius 3 is 2.48 bits per heavy atom. The van der Waals surface area contributed by atoms with E-state index in [1.807, 2.05) is 24.3 Å². The average Bonchev–Trinajstić information content (AvgIpc) is 3.04. The highest BCUT2D eigenvalue weighted by atomic mass is 16.5. The summed E-state index contributed by atoms with van der Waals surface area (Å²) in [5, 5.41) is 2.26. The molecule has 0 unspecified atom stereocenters. The summed E-state index contributed by atoms with van der Waals surface area (Å²) in [6.45, 7) is 0. The van der Waals surface area contributed by atoms with E-state index in [4.69, 9.17) is 9.72 Å². The minimum Gasteiger partial charge on any atom is -0.497 e. The van der Waals surface area contributed by atoms with Crippen molar-refractivity contribution in [3.05, 3.63) is 72.8 Å². The van der Waals surface area contributed by atoms with Crippen molar-refractivity contribution in [1.29, 1.82) is 0 Å². The SMILES string of the molecule is COc1ccc2nc3c(-c4ccccc4)c4ccccc4[nH]c-3c2c1. The maximum atomic E-state index is 5.40. The molecule has 0 aliphatic carbocycles. The Labute approximate surface area is 145 Å². The molecule has 2 heterocycles. The van der Waals surface area contributed by atoms with E-state index < -0.39 is 0 Å². The lowest BCUT2D eigenvalue weighted by Crippen LogP contribution is -1.92. The van der Waals surface area contributed by atoms with Gasteiger partial charge in [-0.2, -0.15) is 0 Å². The molecule has 120 valence electrons. The zero-order valence-corrected chi connectivity index (χ0v) is 13.8.